The highest BCUT2D eigenvalue weighted by molar-refractivity contribution is 6.29. The van der Waals surface area contributed by atoms with Gasteiger partial charge in [0.25, 0.3) is 7.48 Å². The van der Waals surface area contributed by atoms with Crippen molar-refractivity contribution in [1.29, 1.82) is 0 Å². The normalized spacial score (nSPS) is 27.1. The van der Waals surface area contributed by atoms with E-state index in [4.69, 9.17) is 25.6 Å². The zero-order chi connectivity index (χ0) is 12.0. The van der Waals surface area contributed by atoms with Crippen molar-refractivity contribution in [3.8, 4) is 0 Å². The standard InChI is InChI=1S/C8H15BN2O5/c10-4-16-9-5-2-14-7(12)1-6(11)8(13)15-3-5/h5-6,9H,1-4,10-11H2. The number of carbonyl (C=O) groups excluding carboxylic acids is 2. The molecule has 0 saturated carbocycles. The van der Waals surface area contributed by atoms with Gasteiger partial charge in [0.1, 0.15) is 6.04 Å². The van der Waals surface area contributed by atoms with Crippen LogP contribution in [-0.2, 0) is 23.7 Å². The number of ether oxygens (including phenoxy) is 2. The Morgan fingerprint density at radius 1 is 1.38 bits per heavy atom. The fraction of sp³-hybridized carbons (Fsp3) is 0.750. The molecular weight excluding hydrogens is 215 g/mol. The van der Waals surface area contributed by atoms with Crippen molar-refractivity contribution in [2.75, 3.05) is 19.9 Å². The van der Waals surface area contributed by atoms with Gasteiger partial charge >= 0.3 is 11.9 Å². The Morgan fingerprint density at radius 3 is 2.75 bits per heavy atom. The molecular formula is C8H15BN2O5. The third kappa shape index (κ3) is 4.17. The summed E-state index contributed by atoms with van der Waals surface area (Å²) in [5.74, 6) is -1.32. The topological polar surface area (TPSA) is 114 Å². The molecule has 16 heavy (non-hydrogen) atoms. The summed E-state index contributed by atoms with van der Waals surface area (Å²) in [5.41, 5.74) is 10.6. The molecule has 1 heterocycles. The van der Waals surface area contributed by atoms with E-state index < -0.39 is 18.0 Å². The molecule has 1 fully saturated rings. The number of hydrogen-bond acceptors (Lipinski definition) is 7. The van der Waals surface area contributed by atoms with Gasteiger partial charge in [0, 0.05) is 5.82 Å². The molecule has 8 heteroatoms. The molecule has 2 atom stereocenters. The average molecular weight is 230 g/mol. The lowest BCUT2D eigenvalue weighted by Crippen LogP contribution is -2.34. The first-order valence-electron chi connectivity index (χ1n) is 4.99. The third-order valence-corrected chi connectivity index (χ3v) is 2.10. The zero-order valence-corrected chi connectivity index (χ0v) is 8.89. The van der Waals surface area contributed by atoms with Crippen LogP contribution >= 0.6 is 0 Å². The van der Waals surface area contributed by atoms with Crippen molar-refractivity contribution in [2.45, 2.75) is 18.3 Å². The zero-order valence-electron chi connectivity index (χ0n) is 8.89. The van der Waals surface area contributed by atoms with Crippen LogP contribution in [0.1, 0.15) is 6.42 Å². The predicted octanol–water partition coefficient (Wildman–Crippen LogP) is -2.12. The maximum absolute atomic E-state index is 11.3. The second-order valence-corrected chi connectivity index (χ2v) is 3.53. The van der Waals surface area contributed by atoms with Crippen LogP contribution < -0.4 is 11.5 Å². The maximum atomic E-state index is 11.3. The first-order chi connectivity index (χ1) is 7.63. The van der Waals surface area contributed by atoms with Crippen molar-refractivity contribution in [1.82, 2.24) is 0 Å². The van der Waals surface area contributed by atoms with E-state index in [1.54, 1.807) is 0 Å². The molecule has 0 radical (unpaired) electrons. The van der Waals surface area contributed by atoms with Gasteiger partial charge in [-0.05, 0) is 0 Å². The van der Waals surface area contributed by atoms with E-state index in [0.717, 1.165) is 0 Å². The van der Waals surface area contributed by atoms with E-state index >= 15 is 0 Å². The summed E-state index contributed by atoms with van der Waals surface area (Å²) in [4.78, 5) is 22.5. The SMILES string of the molecule is NCOBC1COC(=O)CC(N)C(=O)OC1. The molecule has 90 valence electrons. The Labute approximate surface area is 93.7 Å². The average Bonchev–Trinajstić information content (AvgIpc) is 2.31. The molecule has 2 unspecified atom stereocenters. The van der Waals surface area contributed by atoms with Gasteiger partial charge in [0.05, 0.1) is 26.4 Å². The van der Waals surface area contributed by atoms with Gasteiger partial charge in [-0.2, -0.15) is 0 Å². The second-order valence-electron chi connectivity index (χ2n) is 3.53. The molecule has 1 saturated heterocycles. The number of esters is 2. The minimum atomic E-state index is -0.957. The number of carbonyl (C=O) groups is 2. The van der Waals surface area contributed by atoms with Crippen molar-refractivity contribution in [2.24, 2.45) is 11.5 Å². The van der Waals surface area contributed by atoms with E-state index in [-0.39, 0.29) is 39.7 Å². The van der Waals surface area contributed by atoms with E-state index in [1.807, 2.05) is 0 Å². The monoisotopic (exact) mass is 230 g/mol. The van der Waals surface area contributed by atoms with E-state index in [9.17, 15) is 9.59 Å². The number of hydrogen-bond donors (Lipinski definition) is 2. The molecule has 0 spiro atoms. The minimum Gasteiger partial charge on any atom is -0.466 e. The summed E-state index contributed by atoms with van der Waals surface area (Å²) >= 11 is 0. The van der Waals surface area contributed by atoms with Crippen LogP contribution in [0.3, 0.4) is 0 Å². The first-order valence-corrected chi connectivity index (χ1v) is 4.99. The molecule has 0 amide bonds. The Morgan fingerprint density at radius 2 is 2.06 bits per heavy atom. The summed E-state index contributed by atoms with van der Waals surface area (Å²) in [7, 11) is 0.270. The van der Waals surface area contributed by atoms with Crippen molar-refractivity contribution in [3.63, 3.8) is 0 Å². The molecule has 0 aromatic rings. The van der Waals surface area contributed by atoms with Crippen LogP contribution in [0, 0.1) is 0 Å². The van der Waals surface area contributed by atoms with Gasteiger partial charge in [-0.1, -0.05) is 0 Å². The van der Waals surface area contributed by atoms with E-state index in [1.165, 1.54) is 0 Å². The summed E-state index contributed by atoms with van der Waals surface area (Å²) in [6.45, 7) is 0.316. The highest BCUT2D eigenvalue weighted by Gasteiger charge is 2.25. The molecule has 0 aromatic heterocycles. The molecule has 0 aromatic carbocycles. The highest BCUT2D eigenvalue weighted by atomic mass is 16.6. The highest BCUT2D eigenvalue weighted by Crippen LogP contribution is 2.10. The van der Waals surface area contributed by atoms with Crippen LogP contribution in [0.2, 0.25) is 5.82 Å². The van der Waals surface area contributed by atoms with Crippen molar-refractivity contribution < 1.29 is 23.7 Å². The Kier molecular flexibility index (Phi) is 5.23. The first kappa shape index (κ1) is 13.0. The van der Waals surface area contributed by atoms with Crippen LogP contribution in [0.4, 0.5) is 0 Å². The molecule has 0 bridgehead atoms. The molecule has 7 nitrogen and oxygen atoms in total. The summed E-state index contributed by atoms with van der Waals surface area (Å²) in [5, 5.41) is 0. The lowest BCUT2D eigenvalue weighted by Gasteiger charge is -2.13. The van der Waals surface area contributed by atoms with Gasteiger partial charge in [-0.15, -0.1) is 0 Å². The fourth-order valence-corrected chi connectivity index (χ4v) is 1.22. The van der Waals surface area contributed by atoms with Gasteiger partial charge < -0.3 is 25.6 Å². The van der Waals surface area contributed by atoms with Crippen LogP contribution in [0.15, 0.2) is 0 Å². The lowest BCUT2D eigenvalue weighted by atomic mass is 9.81. The fourth-order valence-electron chi connectivity index (χ4n) is 1.22. The lowest BCUT2D eigenvalue weighted by molar-refractivity contribution is -0.148. The van der Waals surface area contributed by atoms with Gasteiger partial charge in [0.2, 0.25) is 0 Å². The molecule has 1 rings (SSSR count). The van der Waals surface area contributed by atoms with E-state index in [2.05, 4.69) is 0 Å². The van der Waals surface area contributed by atoms with Crippen LogP contribution in [0.5, 0.6) is 0 Å². The number of nitrogens with two attached hydrogens (primary N) is 2. The molecule has 1 aliphatic rings. The van der Waals surface area contributed by atoms with Gasteiger partial charge in [0.15, 0.2) is 0 Å². The van der Waals surface area contributed by atoms with Gasteiger partial charge in [-0.25, -0.2) is 0 Å². The quantitative estimate of drug-likeness (QED) is 0.323. The summed E-state index contributed by atoms with van der Waals surface area (Å²) < 4.78 is 14.8. The van der Waals surface area contributed by atoms with E-state index in [0.29, 0.717) is 0 Å². The smallest absolute Gasteiger partial charge is 0.323 e. The summed E-state index contributed by atoms with van der Waals surface area (Å²) in [6, 6.07) is -0.957. The van der Waals surface area contributed by atoms with Crippen molar-refractivity contribution in [3.05, 3.63) is 0 Å². The molecule has 4 N–H and O–H groups in total. The predicted molar refractivity (Wildman–Crippen MR) is 55.5 cm³/mol. The maximum Gasteiger partial charge on any atom is 0.323 e. The summed E-state index contributed by atoms with van der Waals surface area (Å²) in [6.07, 6.45) is -0.163. The number of rotatable bonds is 3. The van der Waals surface area contributed by atoms with Crippen molar-refractivity contribution >= 4 is 19.4 Å². The van der Waals surface area contributed by atoms with Gasteiger partial charge in [-0.3, -0.25) is 9.59 Å². The molecule has 0 aliphatic carbocycles. The second kappa shape index (κ2) is 6.46. The van der Waals surface area contributed by atoms with Crippen LogP contribution in [-0.4, -0.2) is 45.4 Å². The molecule has 1 aliphatic heterocycles. The third-order valence-electron chi connectivity index (χ3n) is 2.10. The Hall–Kier alpha value is -1.12. The largest absolute Gasteiger partial charge is 0.466 e. The Balaban J connectivity index is 2.51. The van der Waals surface area contributed by atoms with Crippen LogP contribution in [0.25, 0.3) is 0 Å². The Bertz CT molecular complexity index is 263. The number of cyclic esters (lactones) is 2. The minimum absolute atomic E-state index is 0.0674.